The third-order valence-corrected chi connectivity index (χ3v) is 2.37. The van der Waals surface area contributed by atoms with Gasteiger partial charge in [0.05, 0.1) is 0 Å². The molecule has 60 valence electrons. The summed E-state index contributed by atoms with van der Waals surface area (Å²) in [6, 6.07) is 0. The molecular formula is C8H15BrO. The second kappa shape index (κ2) is 5.90. The number of halogens is 1. The van der Waals surface area contributed by atoms with Crippen molar-refractivity contribution < 1.29 is 4.79 Å². The zero-order valence-electron chi connectivity index (χ0n) is 6.69. The Morgan fingerprint density at radius 1 is 1.50 bits per heavy atom. The SMILES string of the molecule is CCCC[C@H](CC)C(=O)Br. The van der Waals surface area contributed by atoms with Crippen molar-refractivity contribution in [1.29, 1.82) is 0 Å². The van der Waals surface area contributed by atoms with Crippen LogP contribution in [0, 0.1) is 5.92 Å². The van der Waals surface area contributed by atoms with Gasteiger partial charge in [-0.05, 0) is 28.8 Å². The summed E-state index contributed by atoms with van der Waals surface area (Å²) in [5.74, 6) is 0.250. The molecule has 0 fully saturated rings. The van der Waals surface area contributed by atoms with E-state index in [9.17, 15) is 4.79 Å². The molecule has 2 heteroatoms. The fraction of sp³-hybridized carbons (Fsp3) is 0.875. The van der Waals surface area contributed by atoms with Crippen molar-refractivity contribution in [2.75, 3.05) is 0 Å². The summed E-state index contributed by atoms with van der Waals surface area (Å²) in [5.41, 5.74) is 0. The van der Waals surface area contributed by atoms with Gasteiger partial charge in [0, 0.05) is 5.92 Å². The lowest BCUT2D eigenvalue weighted by Gasteiger charge is -2.07. The van der Waals surface area contributed by atoms with Gasteiger partial charge in [-0.3, -0.25) is 4.79 Å². The van der Waals surface area contributed by atoms with Crippen molar-refractivity contribution in [2.24, 2.45) is 5.92 Å². The molecule has 0 aliphatic rings. The largest absolute Gasteiger partial charge is 0.286 e. The van der Waals surface area contributed by atoms with Gasteiger partial charge in [0.2, 0.25) is 4.69 Å². The first-order valence-corrected chi connectivity index (χ1v) is 4.71. The lowest BCUT2D eigenvalue weighted by molar-refractivity contribution is -0.114. The molecule has 0 aromatic rings. The second-order valence-electron chi connectivity index (χ2n) is 2.55. The smallest absolute Gasteiger partial charge is 0.200 e. The second-order valence-corrected chi connectivity index (χ2v) is 3.33. The molecule has 0 amide bonds. The molecule has 0 aliphatic heterocycles. The molecule has 0 rings (SSSR count). The summed E-state index contributed by atoms with van der Waals surface area (Å²) in [5, 5.41) is 0. The average molecular weight is 207 g/mol. The minimum atomic E-state index is 0.170. The van der Waals surface area contributed by atoms with Crippen molar-refractivity contribution in [3.63, 3.8) is 0 Å². The van der Waals surface area contributed by atoms with Crippen molar-refractivity contribution in [3.05, 3.63) is 0 Å². The van der Waals surface area contributed by atoms with Crippen molar-refractivity contribution in [3.8, 4) is 0 Å². The minimum Gasteiger partial charge on any atom is -0.286 e. The van der Waals surface area contributed by atoms with E-state index in [1.807, 2.05) is 0 Å². The van der Waals surface area contributed by atoms with Gasteiger partial charge in [-0.25, -0.2) is 0 Å². The molecular weight excluding hydrogens is 192 g/mol. The Balaban J connectivity index is 3.50. The molecule has 1 atom stereocenters. The van der Waals surface area contributed by atoms with Crippen LogP contribution >= 0.6 is 15.9 Å². The van der Waals surface area contributed by atoms with E-state index in [-0.39, 0.29) is 10.6 Å². The topological polar surface area (TPSA) is 17.1 Å². The summed E-state index contributed by atoms with van der Waals surface area (Å²) < 4.78 is 0.170. The lowest BCUT2D eigenvalue weighted by atomic mass is 10.0. The highest BCUT2D eigenvalue weighted by molar-refractivity contribution is 9.18. The average Bonchev–Trinajstić information content (AvgIpc) is 1.89. The zero-order chi connectivity index (χ0) is 7.98. The quantitative estimate of drug-likeness (QED) is 0.633. The van der Waals surface area contributed by atoms with E-state index in [0.717, 1.165) is 19.3 Å². The summed E-state index contributed by atoms with van der Waals surface area (Å²) in [4.78, 5) is 10.8. The first-order chi connectivity index (χ1) is 4.72. The van der Waals surface area contributed by atoms with Gasteiger partial charge in [-0.15, -0.1) is 0 Å². The summed E-state index contributed by atoms with van der Waals surface area (Å²) in [6.07, 6.45) is 4.34. The van der Waals surface area contributed by atoms with E-state index in [2.05, 4.69) is 29.8 Å². The van der Waals surface area contributed by atoms with Crippen LogP contribution in [-0.2, 0) is 4.79 Å². The Hall–Kier alpha value is 0.150. The molecule has 0 bridgehead atoms. The van der Waals surface area contributed by atoms with Crippen LogP contribution in [-0.4, -0.2) is 4.69 Å². The number of hydrogen-bond acceptors (Lipinski definition) is 1. The van der Waals surface area contributed by atoms with Gasteiger partial charge in [0.1, 0.15) is 0 Å². The van der Waals surface area contributed by atoms with E-state index >= 15 is 0 Å². The highest BCUT2D eigenvalue weighted by Gasteiger charge is 2.11. The number of hydrogen-bond donors (Lipinski definition) is 0. The predicted octanol–water partition coefficient (Wildman–Crippen LogP) is 3.12. The van der Waals surface area contributed by atoms with Gasteiger partial charge >= 0.3 is 0 Å². The first-order valence-electron chi connectivity index (χ1n) is 3.91. The van der Waals surface area contributed by atoms with E-state index < -0.39 is 0 Å². The first kappa shape index (κ1) is 10.2. The van der Waals surface area contributed by atoms with Crippen LogP contribution in [0.5, 0.6) is 0 Å². The van der Waals surface area contributed by atoms with Crippen molar-refractivity contribution >= 4 is 20.6 Å². The number of unbranched alkanes of at least 4 members (excludes halogenated alkanes) is 1. The summed E-state index contributed by atoms with van der Waals surface area (Å²) in [7, 11) is 0. The standard InChI is InChI=1S/C8H15BrO/c1-3-5-6-7(4-2)8(9)10/h7H,3-6H2,1-2H3/t7-/m0/s1. The van der Waals surface area contributed by atoms with E-state index in [1.54, 1.807) is 0 Å². The van der Waals surface area contributed by atoms with Crippen molar-refractivity contribution in [2.45, 2.75) is 39.5 Å². The number of carbonyl (C=O) groups excluding carboxylic acids is 1. The highest BCUT2D eigenvalue weighted by atomic mass is 79.9. The van der Waals surface area contributed by atoms with Crippen LogP contribution in [0.2, 0.25) is 0 Å². The zero-order valence-corrected chi connectivity index (χ0v) is 8.28. The van der Waals surface area contributed by atoms with Crippen LogP contribution < -0.4 is 0 Å². The fourth-order valence-electron chi connectivity index (χ4n) is 0.929. The monoisotopic (exact) mass is 206 g/mol. The normalized spacial score (nSPS) is 13.1. The molecule has 1 nitrogen and oxygen atoms in total. The fourth-order valence-corrected chi connectivity index (χ4v) is 1.48. The molecule has 0 saturated carbocycles. The maximum Gasteiger partial charge on any atom is 0.200 e. The highest BCUT2D eigenvalue weighted by Crippen LogP contribution is 2.15. The Labute approximate surface area is 71.3 Å². The Bertz CT molecular complexity index is 101. The Morgan fingerprint density at radius 2 is 2.10 bits per heavy atom. The lowest BCUT2D eigenvalue weighted by Crippen LogP contribution is -2.06. The molecule has 0 spiro atoms. The Kier molecular flexibility index (Phi) is 5.99. The third kappa shape index (κ3) is 4.04. The molecule has 0 aromatic carbocycles. The Morgan fingerprint density at radius 3 is 2.40 bits per heavy atom. The molecule has 0 heterocycles. The van der Waals surface area contributed by atoms with Gasteiger partial charge < -0.3 is 0 Å². The van der Waals surface area contributed by atoms with Gasteiger partial charge in [0.15, 0.2) is 0 Å². The molecule has 0 N–H and O–H groups in total. The maximum atomic E-state index is 10.8. The van der Waals surface area contributed by atoms with Gasteiger partial charge in [0.25, 0.3) is 0 Å². The minimum absolute atomic E-state index is 0.170. The van der Waals surface area contributed by atoms with E-state index in [1.165, 1.54) is 6.42 Å². The molecule has 0 unspecified atom stereocenters. The maximum absolute atomic E-state index is 10.8. The van der Waals surface area contributed by atoms with Crippen LogP contribution in [0.3, 0.4) is 0 Å². The van der Waals surface area contributed by atoms with E-state index in [0.29, 0.717) is 0 Å². The third-order valence-electron chi connectivity index (χ3n) is 1.72. The number of carbonyl (C=O) groups is 1. The van der Waals surface area contributed by atoms with Gasteiger partial charge in [-0.1, -0.05) is 26.7 Å². The molecule has 0 radical (unpaired) electrons. The van der Waals surface area contributed by atoms with E-state index in [4.69, 9.17) is 0 Å². The molecule has 0 aromatic heterocycles. The van der Waals surface area contributed by atoms with Crippen LogP contribution in [0.1, 0.15) is 39.5 Å². The molecule has 10 heavy (non-hydrogen) atoms. The molecule has 0 aliphatic carbocycles. The number of rotatable bonds is 5. The van der Waals surface area contributed by atoms with Crippen LogP contribution in [0.15, 0.2) is 0 Å². The van der Waals surface area contributed by atoms with Crippen LogP contribution in [0.25, 0.3) is 0 Å². The molecule has 0 saturated heterocycles. The van der Waals surface area contributed by atoms with Crippen LogP contribution in [0.4, 0.5) is 0 Å². The van der Waals surface area contributed by atoms with Gasteiger partial charge in [-0.2, -0.15) is 0 Å². The predicted molar refractivity (Wildman–Crippen MR) is 47.2 cm³/mol. The summed E-state index contributed by atoms with van der Waals surface area (Å²) in [6.45, 7) is 4.20. The van der Waals surface area contributed by atoms with Crippen molar-refractivity contribution in [1.82, 2.24) is 0 Å². The summed E-state index contributed by atoms with van der Waals surface area (Å²) >= 11 is 2.99.